The van der Waals surface area contributed by atoms with E-state index in [1.165, 1.54) is 45.2 Å². The van der Waals surface area contributed by atoms with E-state index in [0.29, 0.717) is 0 Å². The minimum atomic E-state index is 0.832. The molecule has 0 radical (unpaired) electrons. The lowest BCUT2D eigenvalue weighted by molar-refractivity contribution is 0.240. The van der Waals surface area contributed by atoms with E-state index in [1.54, 1.807) is 0 Å². The van der Waals surface area contributed by atoms with E-state index in [4.69, 9.17) is 0 Å². The molecule has 0 aromatic rings. The number of hydrogen-bond donors (Lipinski definition) is 0. The van der Waals surface area contributed by atoms with Crippen LogP contribution in [-0.4, -0.2) is 24.3 Å². The highest BCUT2D eigenvalue weighted by atomic mass is 15.4. The SMILES string of the molecule is CC(C)CCCC=NN1CCCCC1. The molecule has 1 fully saturated rings. The summed E-state index contributed by atoms with van der Waals surface area (Å²) in [6.07, 6.45) is 9.90. The zero-order valence-electron chi connectivity index (χ0n) is 9.71. The van der Waals surface area contributed by atoms with Crippen molar-refractivity contribution in [3.05, 3.63) is 0 Å². The molecule has 1 rings (SSSR count). The summed E-state index contributed by atoms with van der Waals surface area (Å²) in [6, 6.07) is 0. The normalized spacial score (nSPS) is 18.4. The fraction of sp³-hybridized carbons (Fsp3) is 0.917. The summed E-state index contributed by atoms with van der Waals surface area (Å²) in [5.41, 5.74) is 0. The molecule has 1 saturated heterocycles. The van der Waals surface area contributed by atoms with Crippen molar-refractivity contribution in [2.75, 3.05) is 13.1 Å². The minimum absolute atomic E-state index is 0.832. The van der Waals surface area contributed by atoms with Gasteiger partial charge in [0.05, 0.1) is 0 Å². The van der Waals surface area contributed by atoms with Gasteiger partial charge in [-0.15, -0.1) is 0 Å². The molecule has 0 saturated carbocycles. The Bertz CT molecular complexity index is 158. The van der Waals surface area contributed by atoms with Gasteiger partial charge in [-0.3, -0.25) is 5.01 Å². The fourth-order valence-corrected chi connectivity index (χ4v) is 1.78. The molecule has 0 N–H and O–H groups in total. The fourth-order valence-electron chi connectivity index (χ4n) is 1.78. The number of unbranched alkanes of at least 4 members (excludes halogenated alkanes) is 1. The van der Waals surface area contributed by atoms with Gasteiger partial charge in [0.2, 0.25) is 0 Å². The predicted molar refractivity (Wildman–Crippen MR) is 62.6 cm³/mol. The van der Waals surface area contributed by atoms with Crippen LogP contribution < -0.4 is 0 Å². The van der Waals surface area contributed by atoms with Gasteiger partial charge >= 0.3 is 0 Å². The molecule has 0 aromatic heterocycles. The quantitative estimate of drug-likeness (QED) is 0.486. The van der Waals surface area contributed by atoms with E-state index < -0.39 is 0 Å². The number of hydrogen-bond acceptors (Lipinski definition) is 2. The van der Waals surface area contributed by atoms with Crippen LogP contribution in [0.15, 0.2) is 5.10 Å². The summed E-state index contributed by atoms with van der Waals surface area (Å²) in [6.45, 7) is 6.89. The van der Waals surface area contributed by atoms with Crippen LogP contribution in [0.2, 0.25) is 0 Å². The highest BCUT2D eigenvalue weighted by molar-refractivity contribution is 5.56. The number of piperidine rings is 1. The lowest BCUT2D eigenvalue weighted by atomic mass is 10.1. The number of rotatable bonds is 5. The smallest absolute Gasteiger partial charge is 0.0360 e. The summed E-state index contributed by atoms with van der Waals surface area (Å²) in [4.78, 5) is 0. The third-order valence-electron chi connectivity index (χ3n) is 2.69. The third kappa shape index (κ3) is 5.25. The van der Waals surface area contributed by atoms with Gasteiger partial charge in [0, 0.05) is 19.3 Å². The second-order valence-corrected chi connectivity index (χ2v) is 4.64. The molecule has 82 valence electrons. The molecule has 0 aliphatic carbocycles. The Labute approximate surface area is 88.4 Å². The molecule has 0 amide bonds. The molecule has 0 spiro atoms. The first-order valence-electron chi connectivity index (χ1n) is 6.06. The van der Waals surface area contributed by atoms with Gasteiger partial charge in [0.15, 0.2) is 0 Å². The van der Waals surface area contributed by atoms with Crippen LogP contribution in [0.4, 0.5) is 0 Å². The lowest BCUT2D eigenvalue weighted by Gasteiger charge is -2.23. The molecule has 1 aliphatic heterocycles. The monoisotopic (exact) mass is 196 g/mol. The second kappa shape index (κ2) is 6.86. The van der Waals surface area contributed by atoms with Gasteiger partial charge in [0.1, 0.15) is 0 Å². The zero-order valence-corrected chi connectivity index (χ0v) is 9.71. The van der Waals surface area contributed by atoms with Gasteiger partial charge in [0.25, 0.3) is 0 Å². The topological polar surface area (TPSA) is 15.6 Å². The molecular formula is C12H24N2. The first-order chi connectivity index (χ1) is 6.79. The van der Waals surface area contributed by atoms with Gasteiger partial charge < -0.3 is 0 Å². The predicted octanol–water partition coefficient (Wildman–Crippen LogP) is 3.28. The first kappa shape index (κ1) is 11.5. The molecule has 0 bridgehead atoms. The number of hydrazone groups is 1. The van der Waals surface area contributed by atoms with Crippen LogP contribution in [0, 0.1) is 5.92 Å². The van der Waals surface area contributed by atoms with Crippen LogP contribution in [0.5, 0.6) is 0 Å². The van der Waals surface area contributed by atoms with Gasteiger partial charge in [-0.25, -0.2) is 0 Å². The highest BCUT2D eigenvalue weighted by Crippen LogP contribution is 2.09. The van der Waals surface area contributed by atoms with Gasteiger partial charge in [-0.05, 0) is 38.0 Å². The Kier molecular flexibility index (Phi) is 5.65. The summed E-state index contributed by atoms with van der Waals surface area (Å²) in [7, 11) is 0. The Balaban J connectivity index is 2.01. The molecule has 1 heterocycles. The summed E-state index contributed by atoms with van der Waals surface area (Å²) < 4.78 is 0. The standard InChI is InChI=1S/C12H24N2/c1-12(2)8-4-5-9-13-14-10-6-3-7-11-14/h9,12H,3-8,10-11H2,1-2H3. The Morgan fingerprint density at radius 1 is 1.21 bits per heavy atom. The van der Waals surface area contributed by atoms with E-state index >= 15 is 0 Å². The van der Waals surface area contributed by atoms with Crippen molar-refractivity contribution in [2.24, 2.45) is 11.0 Å². The van der Waals surface area contributed by atoms with E-state index in [2.05, 4.69) is 30.2 Å². The number of nitrogens with zero attached hydrogens (tertiary/aromatic N) is 2. The Hall–Kier alpha value is -0.530. The zero-order chi connectivity index (χ0) is 10.2. The van der Waals surface area contributed by atoms with Crippen molar-refractivity contribution in [3.8, 4) is 0 Å². The van der Waals surface area contributed by atoms with Gasteiger partial charge in [-0.1, -0.05) is 20.3 Å². The molecular weight excluding hydrogens is 172 g/mol. The van der Waals surface area contributed by atoms with Crippen molar-refractivity contribution in [2.45, 2.75) is 52.4 Å². The van der Waals surface area contributed by atoms with Crippen molar-refractivity contribution in [1.82, 2.24) is 5.01 Å². The van der Waals surface area contributed by atoms with E-state index in [1.807, 2.05) is 0 Å². The van der Waals surface area contributed by atoms with Crippen molar-refractivity contribution in [1.29, 1.82) is 0 Å². The van der Waals surface area contributed by atoms with Crippen molar-refractivity contribution >= 4 is 6.21 Å². The average molecular weight is 196 g/mol. The second-order valence-electron chi connectivity index (χ2n) is 4.64. The van der Waals surface area contributed by atoms with E-state index in [-0.39, 0.29) is 0 Å². The third-order valence-corrected chi connectivity index (χ3v) is 2.69. The van der Waals surface area contributed by atoms with Crippen molar-refractivity contribution in [3.63, 3.8) is 0 Å². The molecule has 1 aliphatic rings. The molecule has 0 atom stereocenters. The van der Waals surface area contributed by atoms with Crippen LogP contribution in [0.1, 0.15) is 52.4 Å². The summed E-state index contributed by atoms with van der Waals surface area (Å²) >= 11 is 0. The molecule has 14 heavy (non-hydrogen) atoms. The van der Waals surface area contributed by atoms with Gasteiger partial charge in [-0.2, -0.15) is 5.10 Å². The molecule has 0 unspecified atom stereocenters. The Morgan fingerprint density at radius 2 is 1.93 bits per heavy atom. The van der Waals surface area contributed by atoms with Crippen LogP contribution in [0.3, 0.4) is 0 Å². The first-order valence-corrected chi connectivity index (χ1v) is 6.06. The maximum Gasteiger partial charge on any atom is 0.0360 e. The largest absolute Gasteiger partial charge is 0.297 e. The van der Waals surface area contributed by atoms with Crippen LogP contribution in [-0.2, 0) is 0 Å². The maximum atomic E-state index is 4.49. The van der Waals surface area contributed by atoms with Crippen LogP contribution >= 0.6 is 0 Å². The summed E-state index contributed by atoms with van der Waals surface area (Å²) in [5.74, 6) is 0.832. The highest BCUT2D eigenvalue weighted by Gasteiger charge is 2.05. The van der Waals surface area contributed by atoms with E-state index in [0.717, 1.165) is 12.3 Å². The average Bonchev–Trinajstić information content (AvgIpc) is 2.18. The summed E-state index contributed by atoms with van der Waals surface area (Å²) in [5, 5.41) is 6.71. The molecule has 0 aromatic carbocycles. The molecule has 2 heteroatoms. The lowest BCUT2D eigenvalue weighted by Crippen LogP contribution is -2.24. The van der Waals surface area contributed by atoms with Crippen molar-refractivity contribution < 1.29 is 0 Å². The van der Waals surface area contributed by atoms with Crippen LogP contribution in [0.25, 0.3) is 0 Å². The maximum absolute atomic E-state index is 4.49. The minimum Gasteiger partial charge on any atom is -0.297 e. The van der Waals surface area contributed by atoms with E-state index in [9.17, 15) is 0 Å². The Morgan fingerprint density at radius 3 is 2.57 bits per heavy atom. The molecule has 2 nitrogen and oxygen atoms in total.